The number of amides is 1. The summed E-state index contributed by atoms with van der Waals surface area (Å²) in [5, 5.41) is 14.3. The summed E-state index contributed by atoms with van der Waals surface area (Å²) in [5.41, 5.74) is 5.17. The average molecular weight is 384 g/mol. The molecule has 0 radical (unpaired) electrons. The van der Waals surface area contributed by atoms with Gasteiger partial charge < -0.3 is 14.4 Å². The third-order valence-electron chi connectivity index (χ3n) is 3.87. The zero-order chi connectivity index (χ0) is 19.2. The van der Waals surface area contributed by atoms with Crippen LogP contribution in [0.5, 0.6) is 11.5 Å². The Morgan fingerprint density at radius 2 is 2.19 bits per heavy atom. The summed E-state index contributed by atoms with van der Waals surface area (Å²) in [6, 6.07) is 12.7. The zero-order valence-corrected chi connectivity index (χ0v) is 15.9. The third kappa shape index (κ3) is 4.40. The van der Waals surface area contributed by atoms with Gasteiger partial charge in [-0.05, 0) is 42.8 Å². The summed E-state index contributed by atoms with van der Waals surface area (Å²) in [7, 11) is 1.47. The van der Waals surface area contributed by atoms with Crippen LogP contribution in [0.4, 0.5) is 0 Å². The van der Waals surface area contributed by atoms with E-state index in [2.05, 4.69) is 27.0 Å². The number of aryl methyl sites for hydroxylation is 1. The van der Waals surface area contributed by atoms with Crippen LogP contribution in [0, 0.1) is 0 Å². The van der Waals surface area contributed by atoms with Crippen molar-refractivity contribution in [3.8, 4) is 11.5 Å². The topological polar surface area (TPSA) is 88.7 Å². The second kappa shape index (κ2) is 8.59. The number of nitrogens with zero attached hydrogens (tertiary/aromatic N) is 3. The number of hydrazone groups is 1. The molecule has 0 aliphatic carbocycles. The van der Waals surface area contributed by atoms with Crippen LogP contribution in [0.3, 0.4) is 0 Å². The van der Waals surface area contributed by atoms with Gasteiger partial charge in [0.25, 0.3) is 5.91 Å². The lowest BCUT2D eigenvalue weighted by atomic mass is 10.2. The highest BCUT2D eigenvalue weighted by molar-refractivity contribution is 7.99. The summed E-state index contributed by atoms with van der Waals surface area (Å²) < 4.78 is 7.12. The maximum absolute atomic E-state index is 12.1. The van der Waals surface area contributed by atoms with Crippen molar-refractivity contribution in [3.05, 3.63) is 48.0 Å². The van der Waals surface area contributed by atoms with Gasteiger partial charge >= 0.3 is 0 Å². The van der Waals surface area contributed by atoms with Crippen LogP contribution in [0.2, 0.25) is 0 Å². The van der Waals surface area contributed by atoms with E-state index in [4.69, 9.17) is 4.74 Å². The molecular weight excluding hydrogens is 364 g/mol. The van der Waals surface area contributed by atoms with Crippen LogP contribution < -0.4 is 10.2 Å². The number of nitrogens with one attached hydrogen (secondary N) is 1. The summed E-state index contributed by atoms with van der Waals surface area (Å²) in [4.78, 5) is 16.6. The van der Waals surface area contributed by atoms with Crippen molar-refractivity contribution < 1.29 is 14.6 Å². The fraction of sp³-hybridized carbons (Fsp3) is 0.211. The minimum absolute atomic E-state index is 0.0499. The summed E-state index contributed by atoms with van der Waals surface area (Å²) in [6.07, 6.45) is 1.49. The number of hydrogen-bond acceptors (Lipinski definition) is 6. The molecule has 0 aliphatic heterocycles. The Bertz CT molecular complexity index is 984. The van der Waals surface area contributed by atoms with Crippen LogP contribution >= 0.6 is 11.8 Å². The van der Waals surface area contributed by atoms with Crippen LogP contribution in [-0.2, 0) is 11.3 Å². The first-order valence-electron chi connectivity index (χ1n) is 8.39. The Balaban J connectivity index is 1.59. The van der Waals surface area contributed by atoms with E-state index in [0.717, 1.165) is 22.7 Å². The van der Waals surface area contributed by atoms with E-state index >= 15 is 0 Å². The Hall–Kier alpha value is -3.00. The number of imidazole rings is 1. The van der Waals surface area contributed by atoms with Gasteiger partial charge in [0.1, 0.15) is 0 Å². The standard InChI is InChI=1S/C19H20N4O3S/c1-3-23-15-7-5-4-6-14(15)21-19(23)27-12-18(25)22-20-11-13-8-9-16(24)17(10-13)26-2/h4-11,24H,3,12H2,1-2H3,(H,22,25). The summed E-state index contributed by atoms with van der Waals surface area (Å²) >= 11 is 1.37. The van der Waals surface area contributed by atoms with Gasteiger partial charge in [0.05, 0.1) is 30.1 Å². The molecule has 0 fully saturated rings. The first-order chi connectivity index (χ1) is 13.1. The number of aromatic nitrogens is 2. The minimum Gasteiger partial charge on any atom is -0.504 e. The monoisotopic (exact) mass is 384 g/mol. The largest absolute Gasteiger partial charge is 0.504 e. The maximum atomic E-state index is 12.1. The number of rotatable bonds is 7. The molecule has 2 N–H and O–H groups in total. The number of phenols is 1. The fourth-order valence-corrected chi connectivity index (χ4v) is 3.46. The zero-order valence-electron chi connectivity index (χ0n) is 15.0. The molecule has 1 heterocycles. The molecule has 8 heteroatoms. The third-order valence-corrected chi connectivity index (χ3v) is 4.85. The predicted molar refractivity (Wildman–Crippen MR) is 107 cm³/mol. The summed E-state index contributed by atoms with van der Waals surface area (Å²) in [5.74, 6) is 0.379. The Kier molecular flexibility index (Phi) is 5.97. The number of carbonyl (C=O) groups excluding carboxylic acids is 1. The van der Waals surface area contributed by atoms with Crippen molar-refractivity contribution in [1.82, 2.24) is 15.0 Å². The van der Waals surface area contributed by atoms with Crippen molar-refractivity contribution in [2.24, 2.45) is 5.10 Å². The number of aromatic hydroxyl groups is 1. The van der Waals surface area contributed by atoms with E-state index in [1.165, 1.54) is 31.2 Å². The molecule has 0 spiro atoms. The first kappa shape index (κ1) is 18.8. The quantitative estimate of drug-likeness (QED) is 0.371. The fourth-order valence-electron chi connectivity index (χ4n) is 2.58. The molecular formula is C19H20N4O3S. The van der Waals surface area contributed by atoms with Gasteiger partial charge in [-0.2, -0.15) is 5.10 Å². The number of hydrogen-bond donors (Lipinski definition) is 2. The summed E-state index contributed by atoms with van der Waals surface area (Å²) in [6.45, 7) is 2.83. The molecule has 2 aromatic carbocycles. The molecule has 0 unspecified atom stereocenters. The number of thioether (sulfide) groups is 1. The van der Waals surface area contributed by atoms with Crippen molar-refractivity contribution in [2.45, 2.75) is 18.6 Å². The average Bonchev–Trinajstić information content (AvgIpc) is 3.05. The van der Waals surface area contributed by atoms with Crippen LogP contribution in [-0.4, -0.2) is 39.6 Å². The van der Waals surface area contributed by atoms with Crippen molar-refractivity contribution in [3.63, 3.8) is 0 Å². The number of methoxy groups -OCH3 is 1. The van der Waals surface area contributed by atoms with Crippen molar-refractivity contribution >= 4 is 34.9 Å². The molecule has 0 aliphatic rings. The highest BCUT2D eigenvalue weighted by Gasteiger charge is 2.11. The lowest BCUT2D eigenvalue weighted by Crippen LogP contribution is -2.20. The van der Waals surface area contributed by atoms with Gasteiger partial charge in [0.2, 0.25) is 0 Å². The Labute approximate surface area is 161 Å². The highest BCUT2D eigenvalue weighted by atomic mass is 32.2. The van der Waals surface area contributed by atoms with Gasteiger partial charge in [-0.3, -0.25) is 4.79 Å². The number of phenolic OH excluding ortho intramolecular Hbond substituents is 1. The van der Waals surface area contributed by atoms with Crippen LogP contribution in [0.25, 0.3) is 11.0 Å². The molecule has 1 aromatic heterocycles. The molecule has 140 valence electrons. The van der Waals surface area contributed by atoms with Crippen molar-refractivity contribution in [1.29, 1.82) is 0 Å². The molecule has 7 nitrogen and oxygen atoms in total. The normalized spacial score (nSPS) is 11.2. The second-order valence-electron chi connectivity index (χ2n) is 5.64. The lowest BCUT2D eigenvalue weighted by molar-refractivity contribution is -0.118. The second-order valence-corrected chi connectivity index (χ2v) is 6.58. The number of ether oxygens (including phenoxy) is 1. The van der Waals surface area contributed by atoms with Crippen molar-refractivity contribution in [2.75, 3.05) is 12.9 Å². The minimum atomic E-state index is -0.225. The molecule has 0 bridgehead atoms. The van der Waals surface area contributed by atoms with E-state index in [-0.39, 0.29) is 17.4 Å². The van der Waals surface area contributed by atoms with E-state index < -0.39 is 0 Å². The van der Waals surface area contributed by atoms with Crippen LogP contribution in [0.15, 0.2) is 52.7 Å². The molecule has 0 atom stereocenters. The first-order valence-corrected chi connectivity index (χ1v) is 9.38. The molecule has 0 saturated heterocycles. The molecule has 27 heavy (non-hydrogen) atoms. The number of benzene rings is 2. The van der Waals surface area contributed by atoms with Gasteiger partial charge in [0.15, 0.2) is 16.7 Å². The molecule has 0 saturated carbocycles. The van der Waals surface area contributed by atoms with Gasteiger partial charge in [0, 0.05) is 6.54 Å². The maximum Gasteiger partial charge on any atom is 0.250 e. The van der Waals surface area contributed by atoms with Gasteiger partial charge in [-0.25, -0.2) is 10.4 Å². The number of carbonyl (C=O) groups is 1. The predicted octanol–water partition coefficient (Wildman–Crippen LogP) is 3.01. The van der Waals surface area contributed by atoms with E-state index in [0.29, 0.717) is 11.3 Å². The Morgan fingerprint density at radius 1 is 1.37 bits per heavy atom. The molecule has 3 rings (SSSR count). The molecule has 3 aromatic rings. The van der Waals surface area contributed by atoms with Gasteiger partial charge in [-0.15, -0.1) is 0 Å². The smallest absolute Gasteiger partial charge is 0.250 e. The van der Waals surface area contributed by atoms with E-state index in [1.54, 1.807) is 12.1 Å². The Morgan fingerprint density at radius 3 is 2.96 bits per heavy atom. The van der Waals surface area contributed by atoms with Gasteiger partial charge in [-0.1, -0.05) is 23.9 Å². The van der Waals surface area contributed by atoms with E-state index in [1.807, 2.05) is 24.3 Å². The number of para-hydroxylation sites is 2. The van der Waals surface area contributed by atoms with E-state index in [9.17, 15) is 9.90 Å². The SMILES string of the molecule is CCn1c(SCC(=O)NN=Cc2ccc(O)c(OC)c2)nc2ccccc21. The highest BCUT2D eigenvalue weighted by Crippen LogP contribution is 2.25. The lowest BCUT2D eigenvalue weighted by Gasteiger charge is -2.05. The van der Waals surface area contributed by atoms with Crippen LogP contribution in [0.1, 0.15) is 12.5 Å². The number of fused-ring (bicyclic) bond motifs is 1. The molecule has 1 amide bonds.